The third-order valence-electron chi connectivity index (χ3n) is 1.94. The number of hydrogen-bond donors (Lipinski definition) is 0. The molecule has 0 bridgehead atoms. The minimum atomic E-state index is -5.63. The van der Waals surface area contributed by atoms with Crippen molar-refractivity contribution in [2.24, 2.45) is 0 Å². The average molecular weight is 278 g/mol. The van der Waals surface area contributed by atoms with Crippen LogP contribution in [0.15, 0.2) is 30.3 Å². The lowest BCUT2D eigenvalue weighted by Crippen LogP contribution is -2.31. The molecule has 1 aromatic heterocycles. The first-order valence-corrected chi connectivity index (χ1v) is 5.93. The monoisotopic (exact) mass is 278 g/mol. The smallest absolute Gasteiger partial charge is 0.193 e. The summed E-state index contributed by atoms with van der Waals surface area (Å²) >= 11 is 0. The van der Waals surface area contributed by atoms with Crippen molar-refractivity contribution in [3.8, 4) is 11.4 Å². The molecule has 96 valence electrons. The topological polar surface area (TPSA) is 77.7 Å². The van der Waals surface area contributed by atoms with Crippen molar-refractivity contribution in [3.63, 3.8) is 0 Å². The highest BCUT2D eigenvalue weighted by atomic mass is 32.2. The van der Waals surface area contributed by atoms with Crippen LogP contribution in [0.1, 0.15) is 0 Å². The number of halogens is 3. The van der Waals surface area contributed by atoms with E-state index in [0.29, 0.717) is 5.56 Å². The van der Waals surface area contributed by atoms with Gasteiger partial charge in [-0.05, 0) is 9.42 Å². The van der Waals surface area contributed by atoms with E-state index in [1.165, 1.54) is 12.1 Å². The lowest BCUT2D eigenvalue weighted by atomic mass is 10.2. The van der Waals surface area contributed by atoms with E-state index in [4.69, 9.17) is 0 Å². The van der Waals surface area contributed by atoms with Crippen LogP contribution < -0.4 is 0 Å². The second kappa shape index (κ2) is 4.05. The van der Waals surface area contributed by atoms with Crippen LogP contribution in [-0.4, -0.2) is 33.5 Å². The molecule has 0 aliphatic heterocycles. The summed E-state index contributed by atoms with van der Waals surface area (Å²) < 4.78 is 58.2. The van der Waals surface area contributed by atoms with Gasteiger partial charge in [-0.2, -0.15) is 21.6 Å². The van der Waals surface area contributed by atoms with Gasteiger partial charge in [-0.25, -0.2) is 0 Å². The predicted molar refractivity (Wildman–Crippen MR) is 53.6 cm³/mol. The second-order valence-electron chi connectivity index (χ2n) is 3.15. The highest BCUT2D eigenvalue weighted by Gasteiger charge is 2.49. The van der Waals surface area contributed by atoms with Gasteiger partial charge in [0.2, 0.25) is 5.82 Å². The molecule has 0 spiro atoms. The fraction of sp³-hybridized carbons (Fsp3) is 0.125. The number of tetrazole rings is 1. The molecule has 6 nitrogen and oxygen atoms in total. The van der Waals surface area contributed by atoms with E-state index in [1.807, 2.05) is 0 Å². The molecular weight excluding hydrogens is 273 g/mol. The maximum atomic E-state index is 12.2. The Morgan fingerprint density at radius 2 is 1.72 bits per heavy atom. The Hall–Kier alpha value is -1.97. The highest BCUT2D eigenvalue weighted by Crippen LogP contribution is 2.24. The van der Waals surface area contributed by atoms with Crippen molar-refractivity contribution < 1.29 is 21.6 Å². The molecule has 0 radical (unpaired) electrons. The molecule has 2 aromatic rings. The van der Waals surface area contributed by atoms with Gasteiger partial charge in [0.15, 0.2) is 0 Å². The van der Waals surface area contributed by atoms with Crippen LogP contribution >= 0.6 is 0 Å². The lowest BCUT2D eigenvalue weighted by Gasteiger charge is -2.04. The summed E-state index contributed by atoms with van der Waals surface area (Å²) in [7, 11) is -5.63. The predicted octanol–water partition coefficient (Wildman–Crippen LogP) is 1.04. The fourth-order valence-electron chi connectivity index (χ4n) is 1.10. The summed E-state index contributed by atoms with van der Waals surface area (Å²) in [5, 5.41) is 9.37. The molecule has 0 unspecified atom stereocenters. The minimum Gasteiger partial charge on any atom is -0.193 e. The van der Waals surface area contributed by atoms with Gasteiger partial charge in [-0.15, -0.1) is 10.2 Å². The zero-order valence-corrected chi connectivity index (χ0v) is 9.35. The molecule has 1 heterocycles. The van der Waals surface area contributed by atoms with Crippen molar-refractivity contribution in [2.45, 2.75) is 5.51 Å². The number of alkyl halides is 3. The first-order valence-electron chi connectivity index (χ1n) is 4.49. The first kappa shape index (κ1) is 12.5. The van der Waals surface area contributed by atoms with Crippen molar-refractivity contribution in [2.75, 3.05) is 0 Å². The van der Waals surface area contributed by atoms with Gasteiger partial charge in [0.25, 0.3) is 0 Å². The Morgan fingerprint density at radius 1 is 1.11 bits per heavy atom. The van der Waals surface area contributed by atoms with E-state index < -0.39 is 19.7 Å². The molecule has 0 atom stereocenters. The third kappa shape index (κ3) is 2.06. The van der Waals surface area contributed by atoms with Gasteiger partial charge >= 0.3 is 15.5 Å². The van der Waals surface area contributed by atoms with E-state index in [-0.39, 0.29) is 5.82 Å². The zero-order chi connectivity index (χ0) is 13.4. The maximum absolute atomic E-state index is 12.2. The van der Waals surface area contributed by atoms with Crippen LogP contribution in [0, 0.1) is 0 Å². The summed E-state index contributed by atoms with van der Waals surface area (Å²) in [6.45, 7) is 0. The molecule has 1 aromatic carbocycles. The Labute approximate surface area is 99.1 Å². The quantitative estimate of drug-likeness (QED) is 0.820. The van der Waals surface area contributed by atoms with E-state index in [1.54, 1.807) is 18.2 Å². The van der Waals surface area contributed by atoms with Crippen LogP contribution in [0.2, 0.25) is 0 Å². The molecule has 0 N–H and O–H groups in total. The van der Waals surface area contributed by atoms with Crippen molar-refractivity contribution >= 4 is 10.0 Å². The first-order chi connectivity index (χ1) is 8.32. The summed E-state index contributed by atoms with van der Waals surface area (Å²) in [4.78, 5) is 0. The van der Waals surface area contributed by atoms with Gasteiger partial charge in [0, 0.05) is 5.56 Å². The van der Waals surface area contributed by atoms with Gasteiger partial charge in [0.05, 0.1) is 0 Å². The number of nitrogens with zero attached hydrogens (tertiary/aromatic N) is 4. The molecule has 10 heteroatoms. The number of rotatable bonds is 2. The largest absolute Gasteiger partial charge is 0.520 e. The van der Waals surface area contributed by atoms with Crippen LogP contribution in [0.3, 0.4) is 0 Å². The van der Waals surface area contributed by atoms with Crippen LogP contribution in [-0.2, 0) is 10.0 Å². The molecule has 0 aliphatic carbocycles. The Balaban J connectivity index is 2.45. The zero-order valence-electron chi connectivity index (χ0n) is 8.53. The highest BCUT2D eigenvalue weighted by molar-refractivity contribution is 7.90. The van der Waals surface area contributed by atoms with Crippen molar-refractivity contribution in [3.05, 3.63) is 30.3 Å². The Kier molecular flexibility index (Phi) is 2.81. The van der Waals surface area contributed by atoms with Gasteiger partial charge in [-0.3, -0.25) is 0 Å². The molecule has 18 heavy (non-hydrogen) atoms. The molecule has 0 amide bonds. The third-order valence-corrected chi connectivity index (χ3v) is 3.11. The summed E-state index contributed by atoms with van der Waals surface area (Å²) in [6, 6.07) is 7.92. The van der Waals surface area contributed by atoms with E-state index in [2.05, 4.69) is 15.4 Å². The normalized spacial score (nSPS) is 12.6. The van der Waals surface area contributed by atoms with Crippen molar-refractivity contribution in [1.82, 2.24) is 19.6 Å². The van der Waals surface area contributed by atoms with E-state index in [0.717, 1.165) is 0 Å². The van der Waals surface area contributed by atoms with Crippen LogP contribution in [0.4, 0.5) is 13.2 Å². The SMILES string of the molecule is O=S(=O)(n1nnc(-c2ccccc2)n1)C(F)(F)F. The molecule has 2 rings (SSSR count). The van der Waals surface area contributed by atoms with Crippen molar-refractivity contribution in [1.29, 1.82) is 0 Å². The van der Waals surface area contributed by atoms with E-state index >= 15 is 0 Å². The Morgan fingerprint density at radius 3 is 2.28 bits per heavy atom. The number of hydrogen-bond acceptors (Lipinski definition) is 5. The second-order valence-corrected chi connectivity index (χ2v) is 4.89. The van der Waals surface area contributed by atoms with Gasteiger partial charge < -0.3 is 0 Å². The van der Waals surface area contributed by atoms with E-state index in [9.17, 15) is 21.6 Å². The standard InChI is InChI=1S/C8H5F3N4O2S/c9-8(10,11)18(16,17)15-13-7(12-14-15)6-4-2-1-3-5-6/h1-5H. The lowest BCUT2D eigenvalue weighted by molar-refractivity contribution is -0.0453. The fourth-order valence-corrected chi connectivity index (χ4v) is 1.60. The summed E-state index contributed by atoms with van der Waals surface area (Å²) in [5.74, 6) is -0.205. The number of aromatic nitrogens is 4. The average Bonchev–Trinajstić information content (AvgIpc) is 2.78. The minimum absolute atomic E-state index is 0.205. The molecular formula is C8H5F3N4O2S. The molecule has 0 fully saturated rings. The maximum Gasteiger partial charge on any atom is 0.520 e. The summed E-state index contributed by atoms with van der Waals surface area (Å²) in [5.41, 5.74) is -5.11. The summed E-state index contributed by atoms with van der Waals surface area (Å²) in [6.07, 6.45) is 0. The molecule has 0 aliphatic rings. The van der Waals surface area contributed by atoms with Gasteiger partial charge in [-0.1, -0.05) is 30.3 Å². The van der Waals surface area contributed by atoms with Crippen LogP contribution in [0.25, 0.3) is 11.4 Å². The molecule has 0 saturated heterocycles. The number of benzene rings is 1. The molecule has 0 saturated carbocycles. The van der Waals surface area contributed by atoms with Crippen LogP contribution in [0.5, 0.6) is 0 Å². The van der Waals surface area contributed by atoms with Gasteiger partial charge in [0.1, 0.15) is 0 Å². The Bertz CT molecular complexity index is 650.